The zero-order chi connectivity index (χ0) is 15.7. The number of aromatic nitrogens is 3. The van der Waals surface area contributed by atoms with Crippen molar-refractivity contribution in [2.24, 2.45) is 7.05 Å². The number of carbonyl (C=O) groups is 1. The van der Waals surface area contributed by atoms with Crippen LogP contribution in [0.25, 0.3) is 10.8 Å². The molecule has 0 atom stereocenters. The fourth-order valence-corrected chi connectivity index (χ4v) is 2.18. The molecule has 1 aromatic carbocycles. The van der Waals surface area contributed by atoms with Gasteiger partial charge in [0.2, 0.25) is 0 Å². The molecule has 2 aromatic heterocycles. The average molecular weight is 294 g/mol. The van der Waals surface area contributed by atoms with Crippen LogP contribution < -0.4 is 10.9 Å². The molecule has 1 N–H and O–H groups in total. The number of nitrogens with zero attached hydrogens (tertiary/aromatic N) is 3. The molecule has 2 heterocycles. The molecule has 1 amide bonds. The van der Waals surface area contributed by atoms with Crippen LogP contribution in [0.2, 0.25) is 0 Å². The average Bonchev–Trinajstić information content (AvgIpc) is 2.53. The molecule has 0 aliphatic rings. The molecule has 0 bridgehead atoms. The van der Waals surface area contributed by atoms with Crippen molar-refractivity contribution in [1.29, 1.82) is 0 Å². The number of rotatable bonds is 2. The van der Waals surface area contributed by atoms with E-state index in [0.29, 0.717) is 16.6 Å². The molecule has 0 saturated heterocycles. The number of fused-ring (bicyclic) bond motifs is 1. The molecule has 6 nitrogen and oxygen atoms in total. The summed E-state index contributed by atoms with van der Waals surface area (Å²) < 4.78 is 1.17. The molecule has 22 heavy (non-hydrogen) atoms. The van der Waals surface area contributed by atoms with E-state index < -0.39 is 5.91 Å². The molecule has 0 spiro atoms. The molecule has 3 rings (SSSR count). The van der Waals surface area contributed by atoms with Crippen LogP contribution in [-0.2, 0) is 7.05 Å². The van der Waals surface area contributed by atoms with Gasteiger partial charge in [0.1, 0.15) is 5.82 Å². The topological polar surface area (TPSA) is 76.9 Å². The van der Waals surface area contributed by atoms with E-state index in [-0.39, 0.29) is 11.3 Å². The summed E-state index contributed by atoms with van der Waals surface area (Å²) in [6.07, 6.45) is 1.67. The van der Waals surface area contributed by atoms with Gasteiger partial charge in [0.05, 0.1) is 5.39 Å². The van der Waals surface area contributed by atoms with E-state index in [1.165, 1.54) is 11.7 Å². The predicted molar refractivity (Wildman–Crippen MR) is 83.9 cm³/mol. The molecule has 0 aliphatic carbocycles. The van der Waals surface area contributed by atoms with Gasteiger partial charge in [-0.25, -0.2) is 9.67 Å². The molecule has 0 fully saturated rings. The lowest BCUT2D eigenvalue weighted by Gasteiger charge is -2.08. The molecule has 6 heteroatoms. The molecule has 110 valence electrons. The molecular formula is C16H14N4O2. The molecule has 0 unspecified atom stereocenters. The van der Waals surface area contributed by atoms with Crippen LogP contribution >= 0.6 is 0 Å². The lowest BCUT2D eigenvalue weighted by molar-refractivity contribution is 0.102. The first-order valence-corrected chi connectivity index (χ1v) is 6.76. The zero-order valence-corrected chi connectivity index (χ0v) is 12.2. The summed E-state index contributed by atoms with van der Waals surface area (Å²) in [7, 11) is 1.52. The van der Waals surface area contributed by atoms with E-state index in [2.05, 4.69) is 15.4 Å². The summed E-state index contributed by atoms with van der Waals surface area (Å²) in [6, 6.07) is 10.5. The Labute approximate surface area is 126 Å². The minimum absolute atomic E-state index is 0.195. The second kappa shape index (κ2) is 5.40. The van der Waals surface area contributed by atoms with Crippen molar-refractivity contribution in [3.8, 4) is 0 Å². The number of hydrogen-bond donors (Lipinski definition) is 1. The maximum Gasteiger partial charge on any atom is 0.277 e. The molecule has 3 aromatic rings. The Bertz CT molecular complexity index is 914. The SMILES string of the molecule is Cc1ccc(NC(=O)c2nn(C)c(=O)c3ccccc23)nc1. The van der Waals surface area contributed by atoms with Crippen molar-refractivity contribution in [3.63, 3.8) is 0 Å². The Morgan fingerprint density at radius 2 is 1.86 bits per heavy atom. The van der Waals surface area contributed by atoms with Crippen LogP contribution in [0.5, 0.6) is 0 Å². The Morgan fingerprint density at radius 3 is 2.55 bits per heavy atom. The van der Waals surface area contributed by atoms with E-state index in [0.717, 1.165) is 5.56 Å². The largest absolute Gasteiger partial charge is 0.305 e. The Morgan fingerprint density at radius 1 is 1.14 bits per heavy atom. The third kappa shape index (κ3) is 2.46. The van der Waals surface area contributed by atoms with E-state index >= 15 is 0 Å². The van der Waals surface area contributed by atoms with Gasteiger partial charge in [-0.15, -0.1) is 0 Å². The second-order valence-electron chi connectivity index (χ2n) is 5.00. The minimum atomic E-state index is -0.400. The standard InChI is InChI=1S/C16H14N4O2/c1-10-7-8-13(17-9-10)18-15(21)14-11-5-3-4-6-12(11)16(22)20(2)19-14/h3-9H,1-2H3,(H,17,18,21). The number of pyridine rings is 1. The maximum absolute atomic E-state index is 12.4. The summed E-state index contributed by atoms with van der Waals surface area (Å²) in [5.74, 6) is 0.0403. The van der Waals surface area contributed by atoms with Gasteiger partial charge in [0.15, 0.2) is 5.69 Å². The van der Waals surface area contributed by atoms with Gasteiger partial charge in [0, 0.05) is 18.6 Å². The number of anilines is 1. The van der Waals surface area contributed by atoms with Gasteiger partial charge < -0.3 is 5.32 Å². The second-order valence-corrected chi connectivity index (χ2v) is 5.00. The highest BCUT2D eigenvalue weighted by Gasteiger charge is 2.15. The van der Waals surface area contributed by atoms with Crippen LogP contribution in [0.4, 0.5) is 5.82 Å². The quantitative estimate of drug-likeness (QED) is 0.783. The fourth-order valence-electron chi connectivity index (χ4n) is 2.18. The van der Waals surface area contributed by atoms with Crippen molar-refractivity contribution >= 4 is 22.5 Å². The number of benzene rings is 1. The van der Waals surface area contributed by atoms with Crippen molar-refractivity contribution < 1.29 is 4.79 Å². The van der Waals surface area contributed by atoms with E-state index in [1.807, 2.05) is 13.0 Å². The first-order valence-electron chi connectivity index (χ1n) is 6.76. The number of hydrogen-bond acceptors (Lipinski definition) is 4. The number of carbonyl (C=O) groups excluding carboxylic acids is 1. The van der Waals surface area contributed by atoms with Gasteiger partial charge in [0.25, 0.3) is 11.5 Å². The third-order valence-electron chi connectivity index (χ3n) is 3.32. The molecule has 0 aliphatic heterocycles. The van der Waals surface area contributed by atoms with Crippen LogP contribution in [0.15, 0.2) is 47.4 Å². The van der Waals surface area contributed by atoms with E-state index in [1.54, 1.807) is 36.5 Å². The van der Waals surface area contributed by atoms with Gasteiger partial charge in [-0.2, -0.15) is 5.10 Å². The van der Waals surface area contributed by atoms with Crippen LogP contribution in [0, 0.1) is 6.92 Å². The van der Waals surface area contributed by atoms with Gasteiger partial charge >= 0.3 is 0 Å². The maximum atomic E-state index is 12.4. The van der Waals surface area contributed by atoms with Gasteiger partial charge in [-0.1, -0.05) is 24.3 Å². The highest BCUT2D eigenvalue weighted by molar-refractivity contribution is 6.10. The highest BCUT2D eigenvalue weighted by atomic mass is 16.2. The fraction of sp³-hybridized carbons (Fsp3) is 0.125. The summed E-state index contributed by atoms with van der Waals surface area (Å²) in [6.45, 7) is 1.92. The first kappa shape index (κ1) is 13.9. The van der Waals surface area contributed by atoms with Crippen LogP contribution in [0.3, 0.4) is 0 Å². The predicted octanol–water partition coefficient (Wildman–Crippen LogP) is 1.89. The van der Waals surface area contributed by atoms with Crippen molar-refractivity contribution in [2.45, 2.75) is 6.92 Å². The summed E-state index contributed by atoms with van der Waals surface area (Å²) in [5.41, 5.74) is 0.962. The lowest BCUT2D eigenvalue weighted by Crippen LogP contribution is -2.25. The lowest BCUT2D eigenvalue weighted by atomic mass is 10.1. The van der Waals surface area contributed by atoms with Crippen molar-refractivity contribution in [2.75, 3.05) is 5.32 Å². The third-order valence-corrected chi connectivity index (χ3v) is 3.32. The van der Waals surface area contributed by atoms with Crippen LogP contribution in [0.1, 0.15) is 16.1 Å². The first-order chi connectivity index (χ1) is 10.6. The number of aryl methyl sites for hydroxylation is 2. The molecule has 0 saturated carbocycles. The van der Waals surface area contributed by atoms with Crippen LogP contribution in [-0.4, -0.2) is 20.7 Å². The Hall–Kier alpha value is -3.02. The summed E-state index contributed by atoms with van der Waals surface area (Å²) in [5, 5.41) is 7.76. The zero-order valence-electron chi connectivity index (χ0n) is 12.2. The Kier molecular flexibility index (Phi) is 3.42. The van der Waals surface area contributed by atoms with E-state index in [4.69, 9.17) is 0 Å². The monoisotopic (exact) mass is 294 g/mol. The number of amides is 1. The van der Waals surface area contributed by atoms with Crippen molar-refractivity contribution in [1.82, 2.24) is 14.8 Å². The summed E-state index contributed by atoms with van der Waals surface area (Å²) in [4.78, 5) is 28.6. The smallest absolute Gasteiger partial charge is 0.277 e. The normalized spacial score (nSPS) is 10.6. The van der Waals surface area contributed by atoms with Gasteiger partial charge in [-0.05, 0) is 24.6 Å². The number of nitrogens with one attached hydrogen (secondary N) is 1. The molecular weight excluding hydrogens is 280 g/mol. The Balaban J connectivity index is 2.06. The highest BCUT2D eigenvalue weighted by Crippen LogP contribution is 2.14. The minimum Gasteiger partial charge on any atom is -0.305 e. The van der Waals surface area contributed by atoms with Crippen molar-refractivity contribution in [3.05, 3.63) is 64.2 Å². The summed E-state index contributed by atoms with van der Waals surface area (Å²) >= 11 is 0. The van der Waals surface area contributed by atoms with E-state index in [9.17, 15) is 9.59 Å². The van der Waals surface area contributed by atoms with Gasteiger partial charge in [-0.3, -0.25) is 9.59 Å². The molecule has 0 radical (unpaired) electrons.